The van der Waals surface area contributed by atoms with Crippen molar-refractivity contribution in [2.75, 3.05) is 4.90 Å². The van der Waals surface area contributed by atoms with Gasteiger partial charge in [0.05, 0.1) is 28.1 Å². The number of anilines is 3. The molecule has 0 saturated carbocycles. The van der Waals surface area contributed by atoms with Crippen molar-refractivity contribution < 1.29 is 4.42 Å². The van der Waals surface area contributed by atoms with Gasteiger partial charge in [0.25, 0.3) is 0 Å². The molecule has 61 heavy (non-hydrogen) atoms. The summed E-state index contributed by atoms with van der Waals surface area (Å²) in [5.74, 6) is 0. The van der Waals surface area contributed by atoms with E-state index in [2.05, 4.69) is 234 Å². The normalized spacial score (nSPS) is 11.6. The highest BCUT2D eigenvalue weighted by molar-refractivity contribution is 6.12. The summed E-state index contributed by atoms with van der Waals surface area (Å²) in [6.07, 6.45) is 0. The predicted molar refractivity (Wildman–Crippen MR) is 257 cm³/mol. The van der Waals surface area contributed by atoms with Crippen LogP contribution in [-0.4, -0.2) is 4.57 Å². The van der Waals surface area contributed by atoms with E-state index in [4.69, 9.17) is 4.42 Å². The molecule has 286 valence electrons. The van der Waals surface area contributed by atoms with Crippen molar-refractivity contribution >= 4 is 71.6 Å². The minimum atomic E-state index is 0.859. The summed E-state index contributed by atoms with van der Waals surface area (Å²) in [4.78, 5) is 2.36. The minimum absolute atomic E-state index is 0.859. The number of fused-ring (bicyclic) bond motifs is 7. The molecule has 3 nitrogen and oxygen atoms in total. The summed E-state index contributed by atoms with van der Waals surface area (Å²) in [6.45, 7) is 0. The Balaban J connectivity index is 0.961. The second kappa shape index (κ2) is 14.3. The molecule has 2 heterocycles. The molecule has 0 aliphatic rings. The Morgan fingerprint density at radius 1 is 0.328 bits per heavy atom. The molecule has 0 spiro atoms. The Bertz CT molecular complexity index is 3530. The second-order valence-corrected chi connectivity index (χ2v) is 15.6. The maximum Gasteiger partial charge on any atom is 0.159 e. The van der Waals surface area contributed by atoms with Crippen LogP contribution in [0.3, 0.4) is 0 Å². The summed E-state index contributed by atoms with van der Waals surface area (Å²) < 4.78 is 9.10. The molecule has 10 aromatic carbocycles. The van der Waals surface area contributed by atoms with Crippen LogP contribution in [0.2, 0.25) is 0 Å². The average molecular weight is 779 g/mol. The molecule has 3 heteroatoms. The zero-order chi connectivity index (χ0) is 40.3. The molecule has 0 N–H and O–H groups in total. The summed E-state index contributed by atoms with van der Waals surface area (Å²) >= 11 is 0. The highest BCUT2D eigenvalue weighted by atomic mass is 16.3. The summed E-state index contributed by atoms with van der Waals surface area (Å²) in [6, 6.07) is 82.8. The molecular weight excluding hydrogens is 741 g/mol. The number of hydrogen-bond acceptors (Lipinski definition) is 2. The van der Waals surface area contributed by atoms with E-state index < -0.39 is 0 Å². The van der Waals surface area contributed by atoms with Crippen LogP contribution in [0, 0.1) is 0 Å². The van der Waals surface area contributed by atoms with Crippen molar-refractivity contribution in [2.45, 2.75) is 0 Å². The quantitative estimate of drug-likeness (QED) is 0.161. The molecule has 12 rings (SSSR count). The van der Waals surface area contributed by atoms with Crippen molar-refractivity contribution in [3.05, 3.63) is 231 Å². The van der Waals surface area contributed by atoms with Crippen LogP contribution in [0.5, 0.6) is 0 Å². The first-order valence-corrected chi connectivity index (χ1v) is 20.8. The van der Waals surface area contributed by atoms with E-state index in [1.54, 1.807) is 0 Å². The van der Waals surface area contributed by atoms with E-state index >= 15 is 0 Å². The van der Waals surface area contributed by atoms with E-state index in [1.807, 2.05) is 6.07 Å². The Morgan fingerprint density at radius 2 is 0.836 bits per heavy atom. The van der Waals surface area contributed by atoms with E-state index in [-0.39, 0.29) is 0 Å². The van der Waals surface area contributed by atoms with Gasteiger partial charge in [-0.2, -0.15) is 0 Å². The van der Waals surface area contributed by atoms with Gasteiger partial charge in [-0.15, -0.1) is 0 Å². The zero-order valence-corrected chi connectivity index (χ0v) is 33.2. The SMILES string of the molecule is c1ccc(N(c2ccc(-c3ccc(-c4ccccc4-n4c5ccccc5c5ccccc54)cc3)cc2)c2cccc3c2oc2ccccc23)c(-c2cccc3ccccc23)c1. The van der Waals surface area contributed by atoms with Gasteiger partial charge in [-0.25, -0.2) is 0 Å². The zero-order valence-electron chi connectivity index (χ0n) is 33.2. The number of hydrogen-bond donors (Lipinski definition) is 0. The van der Waals surface area contributed by atoms with Crippen LogP contribution in [0.4, 0.5) is 17.1 Å². The van der Waals surface area contributed by atoms with Crippen molar-refractivity contribution in [1.29, 1.82) is 0 Å². The molecule has 12 aromatic rings. The Morgan fingerprint density at radius 3 is 1.61 bits per heavy atom. The highest BCUT2D eigenvalue weighted by Crippen LogP contribution is 2.46. The lowest BCUT2D eigenvalue weighted by atomic mass is 9.95. The molecule has 0 radical (unpaired) electrons. The first-order chi connectivity index (χ1) is 30.3. The lowest BCUT2D eigenvalue weighted by Gasteiger charge is -2.28. The van der Waals surface area contributed by atoms with Crippen LogP contribution in [0.25, 0.3) is 93.6 Å². The van der Waals surface area contributed by atoms with Crippen LogP contribution in [0.15, 0.2) is 235 Å². The lowest BCUT2D eigenvalue weighted by Crippen LogP contribution is -2.11. The topological polar surface area (TPSA) is 21.3 Å². The van der Waals surface area contributed by atoms with Crippen molar-refractivity contribution in [3.8, 4) is 39.1 Å². The molecule has 0 amide bonds. The maximum atomic E-state index is 6.69. The number of nitrogens with zero attached hydrogens (tertiary/aromatic N) is 2. The molecule has 0 fully saturated rings. The summed E-state index contributed by atoms with van der Waals surface area (Å²) in [5.41, 5.74) is 15.4. The number of benzene rings is 10. The number of rotatable bonds is 7. The third-order valence-electron chi connectivity index (χ3n) is 12.2. The molecule has 0 aliphatic carbocycles. The standard InChI is InChI=1S/C58H38N2O/c1-2-17-44-41(15-1)16-13-23-46(44)47-19-4-9-26-53(47)59(56-29-14-24-51-50-22-7-12-30-57(50)61-58(51)56)43-37-35-40(36-38-43)39-31-33-42(34-32-39)45-18-3-8-25-52(45)60-54-27-10-5-20-48(54)49-21-6-11-28-55(49)60/h1-38H. The van der Waals surface area contributed by atoms with Crippen molar-refractivity contribution in [2.24, 2.45) is 0 Å². The third kappa shape index (κ3) is 5.74. The monoisotopic (exact) mass is 778 g/mol. The Hall–Kier alpha value is -8.14. The van der Waals surface area contributed by atoms with Gasteiger partial charge in [0, 0.05) is 38.4 Å². The summed E-state index contributed by atoms with van der Waals surface area (Å²) in [7, 11) is 0. The van der Waals surface area contributed by atoms with Crippen LogP contribution in [0.1, 0.15) is 0 Å². The van der Waals surface area contributed by atoms with Crippen molar-refractivity contribution in [1.82, 2.24) is 4.57 Å². The Labute approximate surface area is 353 Å². The molecule has 0 unspecified atom stereocenters. The molecule has 0 bridgehead atoms. The van der Waals surface area contributed by atoms with E-state index in [9.17, 15) is 0 Å². The third-order valence-corrected chi connectivity index (χ3v) is 12.2. The summed E-state index contributed by atoms with van der Waals surface area (Å²) in [5, 5.41) is 7.16. The van der Waals surface area contributed by atoms with Gasteiger partial charge in [-0.1, -0.05) is 182 Å². The smallest absolute Gasteiger partial charge is 0.159 e. The van der Waals surface area contributed by atoms with Crippen LogP contribution in [-0.2, 0) is 0 Å². The highest BCUT2D eigenvalue weighted by Gasteiger charge is 2.23. The van der Waals surface area contributed by atoms with Gasteiger partial charge in [0.1, 0.15) is 5.58 Å². The number of para-hydroxylation sites is 6. The largest absolute Gasteiger partial charge is 0.454 e. The average Bonchev–Trinajstić information content (AvgIpc) is 3.88. The van der Waals surface area contributed by atoms with Gasteiger partial charge in [-0.05, 0) is 81.6 Å². The van der Waals surface area contributed by atoms with Crippen LogP contribution >= 0.6 is 0 Å². The van der Waals surface area contributed by atoms with Gasteiger partial charge >= 0.3 is 0 Å². The number of furan rings is 1. The van der Waals surface area contributed by atoms with Crippen LogP contribution < -0.4 is 4.90 Å². The number of aromatic nitrogens is 1. The fourth-order valence-corrected chi connectivity index (χ4v) is 9.41. The molecule has 0 atom stereocenters. The van der Waals surface area contributed by atoms with E-state index in [0.717, 1.165) is 55.7 Å². The lowest BCUT2D eigenvalue weighted by molar-refractivity contribution is 0.669. The first-order valence-electron chi connectivity index (χ1n) is 20.8. The van der Waals surface area contributed by atoms with Gasteiger partial charge in [0.15, 0.2) is 5.58 Å². The van der Waals surface area contributed by atoms with Gasteiger partial charge < -0.3 is 13.9 Å². The van der Waals surface area contributed by atoms with E-state index in [1.165, 1.54) is 55.0 Å². The molecule has 2 aromatic heterocycles. The van der Waals surface area contributed by atoms with E-state index in [0.29, 0.717) is 0 Å². The Kier molecular flexibility index (Phi) is 8.17. The molecule has 0 saturated heterocycles. The first kappa shape index (κ1) is 34.9. The fourth-order valence-electron chi connectivity index (χ4n) is 9.41. The molecule has 0 aliphatic heterocycles. The molecular formula is C58H38N2O. The predicted octanol–water partition coefficient (Wildman–Crippen LogP) is 16.3. The van der Waals surface area contributed by atoms with Gasteiger partial charge in [0.2, 0.25) is 0 Å². The fraction of sp³-hybridized carbons (Fsp3) is 0. The second-order valence-electron chi connectivity index (χ2n) is 15.6. The van der Waals surface area contributed by atoms with Gasteiger partial charge in [-0.3, -0.25) is 0 Å². The maximum absolute atomic E-state index is 6.69. The minimum Gasteiger partial charge on any atom is -0.454 e. The van der Waals surface area contributed by atoms with Crippen molar-refractivity contribution in [3.63, 3.8) is 0 Å².